The van der Waals surface area contributed by atoms with Gasteiger partial charge in [0, 0.05) is 12.7 Å². The maximum absolute atomic E-state index is 11.5. The predicted octanol–water partition coefficient (Wildman–Crippen LogP) is 0.601. The Kier molecular flexibility index (Phi) is 3.62. The molecule has 1 heterocycles. The number of nitrogens with zero attached hydrogens (tertiary/aromatic N) is 2. The van der Waals surface area contributed by atoms with Gasteiger partial charge in [-0.05, 0) is 28.4 Å². The van der Waals surface area contributed by atoms with Crippen LogP contribution in [0.4, 0.5) is 0 Å². The lowest BCUT2D eigenvalue weighted by atomic mass is 10.2. The molecule has 0 radical (unpaired) electrons. The number of nitrogens with two attached hydrogens (primary N) is 1. The largest absolute Gasteiger partial charge is 0.330 e. The van der Waals surface area contributed by atoms with Gasteiger partial charge >= 0.3 is 0 Å². The highest BCUT2D eigenvalue weighted by Gasteiger charge is 2.04. The second kappa shape index (κ2) is 4.53. The molecule has 13 heavy (non-hydrogen) atoms. The highest BCUT2D eigenvalue weighted by molar-refractivity contribution is 9.10. The van der Waals surface area contributed by atoms with E-state index in [-0.39, 0.29) is 11.5 Å². The van der Waals surface area contributed by atoms with Crippen LogP contribution in [0.2, 0.25) is 0 Å². The van der Waals surface area contributed by atoms with E-state index in [1.54, 1.807) is 4.57 Å². The van der Waals surface area contributed by atoms with E-state index in [0.29, 0.717) is 17.6 Å². The summed E-state index contributed by atoms with van der Waals surface area (Å²) in [5.74, 6) is 0.286. The smallest absolute Gasteiger partial charge is 0.267 e. The molecule has 0 aromatic carbocycles. The van der Waals surface area contributed by atoms with Gasteiger partial charge in [0.25, 0.3) is 5.56 Å². The lowest BCUT2D eigenvalue weighted by Crippen LogP contribution is -2.26. The molecule has 0 fully saturated rings. The van der Waals surface area contributed by atoms with Crippen LogP contribution < -0.4 is 11.3 Å². The van der Waals surface area contributed by atoms with Gasteiger partial charge in [0.2, 0.25) is 0 Å². The van der Waals surface area contributed by atoms with Crippen molar-refractivity contribution in [3.63, 3.8) is 0 Å². The van der Waals surface area contributed by atoms with Gasteiger partial charge in [-0.25, -0.2) is 4.98 Å². The molecule has 72 valence electrons. The first-order chi connectivity index (χ1) is 6.15. The molecule has 5 heteroatoms. The number of hydrogen-bond acceptors (Lipinski definition) is 3. The van der Waals surface area contributed by atoms with Gasteiger partial charge in [0.1, 0.15) is 4.47 Å². The van der Waals surface area contributed by atoms with E-state index in [1.165, 1.54) is 12.5 Å². The quantitative estimate of drug-likeness (QED) is 0.849. The van der Waals surface area contributed by atoms with Crippen molar-refractivity contribution in [1.82, 2.24) is 9.55 Å². The third kappa shape index (κ3) is 2.63. The summed E-state index contributed by atoms with van der Waals surface area (Å²) in [6, 6.07) is 0. The number of halogens is 1. The Morgan fingerprint density at radius 3 is 3.08 bits per heavy atom. The summed E-state index contributed by atoms with van der Waals surface area (Å²) >= 11 is 3.13. The van der Waals surface area contributed by atoms with Crippen LogP contribution in [-0.4, -0.2) is 16.1 Å². The van der Waals surface area contributed by atoms with Crippen molar-refractivity contribution < 1.29 is 0 Å². The molecule has 0 aliphatic rings. The Morgan fingerprint density at radius 2 is 2.46 bits per heavy atom. The van der Waals surface area contributed by atoms with Gasteiger partial charge < -0.3 is 5.73 Å². The summed E-state index contributed by atoms with van der Waals surface area (Å²) in [5, 5.41) is 0. The first-order valence-corrected chi connectivity index (χ1v) is 4.84. The van der Waals surface area contributed by atoms with Crippen molar-refractivity contribution in [2.75, 3.05) is 6.54 Å². The molecule has 0 spiro atoms. The molecular formula is C8H12BrN3O. The SMILES string of the molecule is CC(CN)Cn1cncc(Br)c1=O. The molecule has 1 aromatic rings. The topological polar surface area (TPSA) is 60.9 Å². The standard InChI is InChI=1S/C8H12BrN3O/c1-6(2-10)4-12-5-11-3-7(9)8(12)13/h3,5-6H,2,4,10H2,1H3. The van der Waals surface area contributed by atoms with Gasteiger partial charge in [-0.3, -0.25) is 9.36 Å². The summed E-state index contributed by atoms with van der Waals surface area (Å²) < 4.78 is 2.04. The zero-order chi connectivity index (χ0) is 9.84. The fraction of sp³-hybridized carbons (Fsp3) is 0.500. The molecule has 0 aliphatic carbocycles. The summed E-state index contributed by atoms with van der Waals surface area (Å²) in [7, 11) is 0. The molecule has 1 atom stereocenters. The minimum Gasteiger partial charge on any atom is -0.330 e. The van der Waals surface area contributed by atoms with Crippen LogP contribution in [0.15, 0.2) is 21.8 Å². The molecule has 0 amide bonds. The maximum Gasteiger partial charge on any atom is 0.267 e. The third-order valence-electron chi connectivity index (χ3n) is 1.77. The van der Waals surface area contributed by atoms with E-state index < -0.39 is 0 Å². The van der Waals surface area contributed by atoms with E-state index in [0.717, 1.165) is 0 Å². The van der Waals surface area contributed by atoms with E-state index >= 15 is 0 Å². The van der Waals surface area contributed by atoms with Crippen LogP contribution >= 0.6 is 15.9 Å². The van der Waals surface area contributed by atoms with Gasteiger partial charge in [-0.15, -0.1) is 0 Å². The summed E-state index contributed by atoms with van der Waals surface area (Å²) in [4.78, 5) is 15.4. The third-order valence-corrected chi connectivity index (χ3v) is 2.31. The van der Waals surface area contributed by atoms with E-state index in [2.05, 4.69) is 20.9 Å². The summed E-state index contributed by atoms with van der Waals surface area (Å²) in [6.45, 7) is 3.17. The molecule has 0 bridgehead atoms. The van der Waals surface area contributed by atoms with Crippen LogP contribution in [0.5, 0.6) is 0 Å². The highest BCUT2D eigenvalue weighted by atomic mass is 79.9. The zero-order valence-corrected chi connectivity index (χ0v) is 8.99. The second-order valence-electron chi connectivity index (χ2n) is 3.04. The molecule has 0 aliphatic heterocycles. The predicted molar refractivity (Wildman–Crippen MR) is 54.4 cm³/mol. The van der Waals surface area contributed by atoms with Crippen LogP contribution in [0.3, 0.4) is 0 Å². The van der Waals surface area contributed by atoms with Crippen LogP contribution in [0.1, 0.15) is 6.92 Å². The van der Waals surface area contributed by atoms with E-state index in [1.807, 2.05) is 6.92 Å². The molecule has 0 saturated heterocycles. The van der Waals surface area contributed by atoms with Crippen molar-refractivity contribution in [3.05, 3.63) is 27.4 Å². The Morgan fingerprint density at radius 1 is 1.77 bits per heavy atom. The van der Waals surface area contributed by atoms with Gasteiger partial charge in [0.05, 0.1) is 6.33 Å². The average Bonchev–Trinajstić information content (AvgIpc) is 2.13. The number of aromatic nitrogens is 2. The van der Waals surface area contributed by atoms with E-state index in [4.69, 9.17) is 5.73 Å². The van der Waals surface area contributed by atoms with Crippen LogP contribution in [0.25, 0.3) is 0 Å². The summed E-state index contributed by atoms with van der Waals surface area (Å²) in [5.41, 5.74) is 5.40. The molecule has 1 rings (SSSR count). The minimum absolute atomic E-state index is 0.0599. The van der Waals surface area contributed by atoms with Crippen molar-refractivity contribution in [3.8, 4) is 0 Å². The maximum atomic E-state index is 11.5. The lowest BCUT2D eigenvalue weighted by Gasteiger charge is -2.09. The highest BCUT2D eigenvalue weighted by Crippen LogP contribution is 2.00. The van der Waals surface area contributed by atoms with Crippen LogP contribution in [0, 0.1) is 5.92 Å². The monoisotopic (exact) mass is 245 g/mol. The fourth-order valence-corrected chi connectivity index (χ4v) is 1.31. The van der Waals surface area contributed by atoms with Crippen molar-refractivity contribution in [1.29, 1.82) is 0 Å². The molecule has 4 nitrogen and oxygen atoms in total. The van der Waals surface area contributed by atoms with Gasteiger partial charge in [0.15, 0.2) is 0 Å². The summed E-state index contributed by atoms with van der Waals surface area (Å²) in [6.07, 6.45) is 3.02. The molecule has 1 aromatic heterocycles. The lowest BCUT2D eigenvalue weighted by molar-refractivity contribution is 0.476. The second-order valence-corrected chi connectivity index (χ2v) is 3.89. The zero-order valence-electron chi connectivity index (χ0n) is 7.40. The van der Waals surface area contributed by atoms with Crippen LogP contribution in [-0.2, 0) is 6.54 Å². The fourth-order valence-electron chi connectivity index (χ4n) is 0.964. The molecule has 2 N–H and O–H groups in total. The average molecular weight is 246 g/mol. The minimum atomic E-state index is -0.0599. The van der Waals surface area contributed by atoms with Crippen molar-refractivity contribution in [2.24, 2.45) is 11.7 Å². The normalized spacial score (nSPS) is 12.8. The van der Waals surface area contributed by atoms with Gasteiger partial charge in [-0.2, -0.15) is 0 Å². The number of rotatable bonds is 3. The molecular weight excluding hydrogens is 234 g/mol. The first kappa shape index (κ1) is 10.4. The number of hydrogen-bond donors (Lipinski definition) is 1. The Bertz CT molecular complexity index is 336. The van der Waals surface area contributed by atoms with Gasteiger partial charge in [-0.1, -0.05) is 6.92 Å². The van der Waals surface area contributed by atoms with Crippen molar-refractivity contribution >= 4 is 15.9 Å². The molecule has 1 unspecified atom stereocenters. The Balaban J connectivity index is 2.89. The Labute approximate surface area is 84.9 Å². The molecule has 0 saturated carbocycles. The van der Waals surface area contributed by atoms with Crippen molar-refractivity contribution in [2.45, 2.75) is 13.5 Å². The Hall–Kier alpha value is -0.680. The van der Waals surface area contributed by atoms with E-state index in [9.17, 15) is 4.79 Å². The first-order valence-electron chi connectivity index (χ1n) is 4.05.